The van der Waals surface area contributed by atoms with Gasteiger partial charge in [0.1, 0.15) is 17.8 Å². The minimum absolute atomic E-state index is 0.297. The molecule has 5 nitrogen and oxygen atoms in total. The third kappa shape index (κ3) is 4.46. The van der Waals surface area contributed by atoms with Gasteiger partial charge in [-0.1, -0.05) is 47.4 Å². The van der Waals surface area contributed by atoms with Crippen molar-refractivity contribution < 1.29 is 23.1 Å². The van der Waals surface area contributed by atoms with E-state index in [1.165, 1.54) is 35.2 Å². The number of hydrogen-bond donors (Lipinski definition) is 2. The summed E-state index contributed by atoms with van der Waals surface area (Å²) < 4.78 is 38.2. The van der Waals surface area contributed by atoms with Crippen LogP contribution in [-0.2, 0) is 4.79 Å². The fourth-order valence-electron chi connectivity index (χ4n) is 1.91. The number of aliphatic hydroxyl groups excluding tert-OH is 1. The van der Waals surface area contributed by atoms with Crippen LogP contribution in [0.15, 0.2) is 28.6 Å². The Hall–Kier alpha value is -1.65. The van der Waals surface area contributed by atoms with Gasteiger partial charge in [-0.05, 0) is 11.8 Å². The molecule has 130 valence electrons. The lowest BCUT2D eigenvalue weighted by Gasteiger charge is -2.21. The van der Waals surface area contributed by atoms with E-state index in [-0.39, 0.29) is 0 Å². The standard InChI is InChI=1S/C14H14F3N3O2S2/c1-23-14-20-19-13(24-14)8-4-2-7(3-5-8)10(21)9(6-15)18-12(22)11(16)17/h2-5,9-11,21H,6H2,1H3,(H,18,22). The number of carbonyl (C=O) groups excluding carboxylic acids is 1. The second kappa shape index (κ2) is 8.45. The first-order chi connectivity index (χ1) is 11.5. The summed E-state index contributed by atoms with van der Waals surface area (Å²) in [5.74, 6) is -1.62. The molecule has 2 unspecified atom stereocenters. The molecule has 0 aliphatic carbocycles. The monoisotopic (exact) mass is 377 g/mol. The topological polar surface area (TPSA) is 75.1 Å². The van der Waals surface area contributed by atoms with Crippen LogP contribution in [0.1, 0.15) is 11.7 Å². The van der Waals surface area contributed by atoms with Crippen LogP contribution in [0.2, 0.25) is 0 Å². The first kappa shape index (κ1) is 18.7. The lowest BCUT2D eigenvalue weighted by atomic mass is 10.0. The summed E-state index contributed by atoms with van der Waals surface area (Å²) in [6, 6.07) is 4.93. The molecule has 10 heteroatoms. The van der Waals surface area contributed by atoms with E-state index in [9.17, 15) is 23.1 Å². The molecule has 0 fully saturated rings. The Labute approximate surface area is 144 Å². The van der Waals surface area contributed by atoms with Crippen molar-refractivity contribution in [2.75, 3.05) is 12.9 Å². The van der Waals surface area contributed by atoms with Gasteiger partial charge in [0.15, 0.2) is 4.34 Å². The van der Waals surface area contributed by atoms with Gasteiger partial charge in [-0.15, -0.1) is 10.2 Å². The number of benzene rings is 1. The molecule has 1 aromatic heterocycles. The number of hydrogen-bond acceptors (Lipinski definition) is 6. The number of aromatic nitrogens is 2. The second-order valence-electron chi connectivity index (χ2n) is 4.71. The summed E-state index contributed by atoms with van der Waals surface area (Å²) >= 11 is 2.87. The molecule has 2 atom stereocenters. The van der Waals surface area contributed by atoms with Crippen LogP contribution in [0.4, 0.5) is 13.2 Å². The van der Waals surface area contributed by atoms with Crippen LogP contribution in [0.3, 0.4) is 0 Å². The van der Waals surface area contributed by atoms with E-state index in [0.717, 1.165) is 9.90 Å². The molecule has 0 aliphatic rings. The summed E-state index contributed by atoms with van der Waals surface area (Å²) in [6.07, 6.45) is -2.83. The molecule has 0 spiro atoms. The normalized spacial score (nSPS) is 13.8. The smallest absolute Gasteiger partial charge is 0.315 e. The number of nitrogens with one attached hydrogen (secondary N) is 1. The van der Waals surface area contributed by atoms with Crippen molar-refractivity contribution in [2.24, 2.45) is 0 Å². The second-order valence-corrected chi connectivity index (χ2v) is 6.75. The Morgan fingerprint density at radius 3 is 2.50 bits per heavy atom. The predicted molar refractivity (Wildman–Crippen MR) is 86.0 cm³/mol. The number of halogens is 3. The molecule has 0 aliphatic heterocycles. The molecule has 1 aromatic carbocycles. The number of alkyl halides is 3. The van der Waals surface area contributed by atoms with Crippen molar-refractivity contribution >= 4 is 29.0 Å². The molecule has 0 radical (unpaired) electrons. The number of rotatable bonds is 7. The number of aliphatic hydroxyl groups is 1. The van der Waals surface area contributed by atoms with Gasteiger partial charge in [-0.2, -0.15) is 8.78 Å². The van der Waals surface area contributed by atoms with Crippen LogP contribution in [0.5, 0.6) is 0 Å². The summed E-state index contributed by atoms with van der Waals surface area (Å²) in [4.78, 5) is 11.0. The molecule has 24 heavy (non-hydrogen) atoms. The van der Waals surface area contributed by atoms with Gasteiger partial charge in [-0.3, -0.25) is 4.79 Å². The van der Waals surface area contributed by atoms with Crippen molar-refractivity contribution in [2.45, 2.75) is 22.9 Å². The van der Waals surface area contributed by atoms with E-state index in [1.54, 1.807) is 17.4 Å². The van der Waals surface area contributed by atoms with Crippen molar-refractivity contribution in [3.8, 4) is 10.6 Å². The van der Waals surface area contributed by atoms with Crippen molar-refractivity contribution in [1.29, 1.82) is 0 Å². The van der Waals surface area contributed by atoms with Gasteiger partial charge >= 0.3 is 6.43 Å². The molecule has 0 saturated heterocycles. The number of carbonyl (C=O) groups is 1. The highest BCUT2D eigenvalue weighted by Crippen LogP contribution is 2.29. The maximum atomic E-state index is 13.0. The van der Waals surface area contributed by atoms with E-state index in [2.05, 4.69) is 10.2 Å². The molecule has 1 heterocycles. The third-order valence-corrected chi connectivity index (χ3v) is 5.10. The minimum atomic E-state index is -3.27. The molecular formula is C14H14F3N3O2S2. The Balaban J connectivity index is 2.12. The average molecular weight is 377 g/mol. The number of amides is 1. The average Bonchev–Trinajstić information content (AvgIpc) is 3.08. The van der Waals surface area contributed by atoms with Gasteiger partial charge in [0, 0.05) is 5.56 Å². The molecule has 0 bridgehead atoms. The first-order valence-corrected chi connectivity index (χ1v) is 8.80. The van der Waals surface area contributed by atoms with Gasteiger partial charge < -0.3 is 10.4 Å². The Morgan fingerprint density at radius 1 is 1.33 bits per heavy atom. The molecule has 2 rings (SSSR count). The van der Waals surface area contributed by atoms with Gasteiger partial charge in [-0.25, -0.2) is 4.39 Å². The fourth-order valence-corrected chi connectivity index (χ4v) is 3.19. The summed E-state index contributed by atoms with van der Waals surface area (Å²) in [5.41, 5.74) is 1.06. The minimum Gasteiger partial charge on any atom is -0.386 e. The van der Waals surface area contributed by atoms with E-state index in [4.69, 9.17) is 0 Å². The van der Waals surface area contributed by atoms with Gasteiger partial charge in [0.25, 0.3) is 5.91 Å². The summed E-state index contributed by atoms with van der Waals surface area (Å²) in [5, 5.41) is 20.6. The van der Waals surface area contributed by atoms with E-state index in [0.29, 0.717) is 10.6 Å². The third-order valence-electron chi connectivity index (χ3n) is 3.15. The summed E-state index contributed by atoms with van der Waals surface area (Å²) in [7, 11) is 0. The summed E-state index contributed by atoms with van der Waals surface area (Å²) in [6.45, 7) is -1.17. The molecular weight excluding hydrogens is 363 g/mol. The maximum Gasteiger partial charge on any atom is 0.315 e. The van der Waals surface area contributed by atoms with E-state index >= 15 is 0 Å². The van der Waals surface area contributed by atoms with Crippen molar-refractivity contribution in [3.63, 3.8) is 0 Å². The molecule has 2 aromatic rings. The highest BCUT2D eigenvalue weighted by Gasteiger charge is 2.26. The highest BCUT2D eigenvalue weighted by molar-refractivity contribution is 8.00. The Bertz CT molecular complexity index is 682. The van der Waals surface area contributed by atoms with Crippen LogP contribution < -0.4 is 5.32 Å². The van der Waals surface area contributed by atoms with Crippen molar-refractivity contribution in [3.05, 3.63) is 29.8 Å². The highest BCUT2D eigenvalue weighted by atomic mass is 32.2. The first-order valence-electron chi connectivity index (χ1n) is 6.76. The van der Waals surface area contributed by atoms with Gasteiger partial charge in [0.05, 0.1) is 6.04 Å². The molecule has 1 amide bonds. The van der Waals surface area contributed by atoms with Crippen LogP contribution in [0, 0.1) is 0 Å². The van der Waals surface area contributed by atoms with Crippen LogP contribution >= 0.6 is 23.1 Å². The van der Waals surface area contributed by atoms with Crippen LogP contribution in [-0.4, -0.2) is 46.6 Å². The molecule has 0 saturated carbocycles. The number of thioether (sulfide) groups is 1. The lowest BCUT2D eigenvalue weighted by molar-refractivity contribution is -0.133. The lowest BCUT2D eigenvalue weighted by Crippen LogP contribution is -2.43. The predicted octanol–water partition coefficient (Wildman–Crippen LogP) is 2.68. The largest absolute Gasteiger partial charge is 0.386 e. The zero-order valence-corrected chi connectivity index (χ0v) is 14.1. The zero-order valence-electron chi connectivity index (χ0n) is 12.4. The quantitative estimate of drug-likeness (QED) is 0.726. The van der Waals surface area contributed by atoms with E-state index in [1.807, 2.05) is 6.26 Å². The Morgan fingerprint density at radius 2 is 2.00 bits per heavy atom. The Kier molecular flexibility index (Phi) is 6.58. The SMILES string of the molecule is CSc1nnc(-c2ccc(C(O)C(CF)NC(=O)C(F)F)cc2)s1. The number of nitrogens with zero attached hydrogens (tertiary/aromatic N) is 2. The van der Waals surface area contributed by atoms with Crippen molar-refractivity contribution in [1.82, 2.24) is 15.5 Å². The van der Waals surface area contributed by atoms with Gasteiger partial charge in [0.2, 0.25) is 0 Å². The zero-order chi connectivity index (χ0) is 17.7. The maximum absolute atomic E-state index is 13.0. The molecule has 2 N–H and O–H groups in total. The van der Waals surface area contributed by atoms with Crippen LogP contribution in [0.25, 0.3) is 10.6 Å². The van der Waals surface area contributed by atoms with E-state index < -0.39 is 31.2 Å². The fraction of sp³-hybridized carbons (Fsp3) is 0.357.